The van der Waals surface area contributed by atoms with Crippen molar-refractivity contribution >= 4 is 5.97 Å². The van der Waals surface area contributed by atoms with Gasteiger partial charge in [0.1, 0.15) is 0 Å². The molecule has 0 fully saturated rings. The average molecular weight is 257 g/mol. The van der Waals surface area contributed by atoms with Crippen molar-refractivity contribution in [3.05, 3.63) is 65.5 Å². The van der Waals surface area contributed by atoms with Crippen LogP contribution in [-0.4, -0.2) is 18.1 Å². The number of hydrogen-bond acceptors (Lipinski definition) is 4. The summed E-state index contributed by atoms with van der Waals surface area (Å²) >= 11 is 0. The molecule has 1 aromatic heterocycles. The van der Waals surface area contributed by atoms with E-state index in [0.29, 0.717) is 18.8 Å². The van der Waals surface area contributed by atoms with Gasteiger partial charge in [-0.1, -0.05) is 12.1 Å². The van der Waals surface area contributed by atoms with Crippen LogP contribution in [0.2, 0.25) is 0 Å². The maximum Gasteiger partial charge on any atom is 0.337 e. The molecule has 1 aromatic carbocycles. The minimum atomic E-state index is -0.329. The first-order valence-electron chi connectivity index (χ1n) is 5.93. The van der Waals surface area contributed by atoms with E-state index in [1.165, 1.54) is 7.11 Å². The lowest BCUT2D eigenvalue weighted by atomic mass is 10.1. The fraction of sp³-hybridized carbons (Fsp3) is 0.200. The van der Waals surface area contributed by atoms with Gasteiger partial charge in [-0.05, 0) is 35.4 Å². The summed E-state index contributed by atoms with van der Waals surface area (Å²) in [5, 5.41) is 0. The average Bonchev–Trinajstić information content (AvgIpc) is 2.48. The van der Waals surface area contributed by atoms with Crippen LogP contribution in [0.3, 0.4) is 0 Å². The van der Waals surface area contributed by atoms with Crippen molar-refractivity contribution in [3.63, 3.8) is 0 Å². The van der Waals surface area contributed by atoms with Crippen LogP contribution >= 0.6 is 0 Å². The van der Waals surface area contributed by atoms with Crippen molar-refractivity contribution in [3.8, 4) is 0 Å². The SMILES string of the molecule is COC(=O)c1ccc(COCc2ccncc2)cc1. The molecule has 0 spiro atoms. The molecule has 19 heavy (non-hydrogen) atoms. The Hall–Kier alpha value is -2.20. The van der Waals surface area contributed by atoms with E-state index in [0.717, 1.165) is 11.1 Å². The molecule has 0 N–H and O–H groups in total. The van der Waals surface area contributed by atoms with Gasteiger partial charge in [-0.15, -0.1) is 0 Å². The Morgan fingerprint density at radius 3 is 2.16 bits per heavy atom. The van der Waals surface area contributed by atoms with Crippen LogP contribution in [0.25, 0.3) is 0 Å². The lowest BCUT2D eigenvalue weighted by Gasteiger charge is -2.05. The Bertz CT molecular complexity index is 523. The number of aromatic nitrogens is 1. The van der Waals surface area contributed by atoms with Gasteiger partial charge in [0.15, 0.2) is 0 Å². The van der Waals surface area contributed by atoms with Gasteiger partial charge in [0.25, 0.3) is 0 Å². The first-order chi connectivity index (χ1) is 9.29. The predicted octanol–water partition coefficient (Wildman–Crippen LogP) is 2.59. The summed E-state index contributed by atoms with van der Waals surface area (Å²) in [7, 11) is 1.37. The number of rotatable bonds is 5. The van der Waals surface area contributed by atoms with Gasteiger partial charge in [-0.25, -0.2) is 4.79 Å². The van der Waals surface area contributed by atoms with Gasteiger partial charge in [0.05, 0.1) is 25.9 Å². The Morgan fingerprint density at radius 2 is 1.58 bits per heavy atom. The van der Waals surface area contributed by atoms with Crippen LogP contribution in [-0.2, 0) is 22.7 Å². The monoisotopic (exact) mass is 257 g/mol. The van der Waals surface area contributed by atoms with Crippen molar-refractivity contribution in [2.45, 2.75) is 13.2 Å². The van der Waals surface area contributed by atoms with Crippen LogP contribution in [0.4, 0.5) is 0 Å². The summed E-state index contributed by atoms with van der Waals surface area (Å²) in [5.41, 5.74) is 2.64. The summed E-state index contributed by atoms with van der Waals surface area (Å²) < 4.78 is 10.2. The third-order valence-electron chi connectivity index (χ3n) is 2.66. The normalized spacial score (nSPS) is 10.2. The summed E-state index contributed by atoms with van der Waals surface area (Å²) in [6.45, 7) is 1.05. The Labute approximate surface area is 112 Å². The zero-order valence-corrected chi connectivity index (χ0v) is 10.7. The molecule has 0 atom stereocenters. The van der Waals surface area contributed by atoms with Gasteiger partial charge in [-0.2, -0.15) is 0 Å². The number of ether oxygens (including phenoxy) is 2. The zero-order chi connectivity index (χ0) is 13.5. The van der Waals surface area contributed by atoms with E-state index in [1.807, 2.05) is 24.3 Å². The zero-order valence-electron chi connectivity index (χ0n) is 10.7. The molecule has 0 aliphatic rings. The number of esters is 1. The van der Waals surface area contributed by atoms with Gasteiger partial charge >= 0.3 is 5.97 Å². The summed E-state index contributed by atoms with van der Waals surface area (Å²) in [6, 6.07) is 11.0. The van der Waals surface area contributed by atoms with Crippen LogP contribution < -0.4 is 0 Å². The van der Waals surface area contributed by atoms with Crippen molar-refractivity contribution in [1.82, 2.24) is 4.98 Å². The van der Waals surface area contributed by atoms with E-state index in [9.17, 15) is 4.79 Å². The largest absolute Gasteiger partial charge is 0.465 e. The first kappa shape index (κ1) is 13.2. The molecule has 0 aliphatic heterocycles. The lowest BCUT2D eigenvalue weighted by Crippen LogP contribution is -2.01. The van der Waals surface area contributed by atoms with E-state index >= 15 is 0 Å². The number of nitrogens with zero attached hydrogens (tertiary/aromatic N) is 1. The van der Waals surface area contributed by atoms with E-state index in [1.54, 1.807) is 24.5 Å². The highest BCUT2D eigenvalue weighted by molar-refractivity contribution is 5.89. The van der Waals surface area contributed by atoms with Crippen molar-refractivity contribution in [2.24, 2.45) is 0 Å². The number of methoxy groups -OCH3 is 1. The van der Waals surface area contributed by atoms with E-state index < -0.39 is 0 Å². The topological polar surface area (TPSA) is 48.4 Å². The third kappa shape index (κ3) is 3.89. The fourth-order valence-corrected chi connectivity index (χ4v) is 1.62. The van der Waals surface area contributed by atoms with Crippen LogP contribution in [0.5, 0.6) is 0 Å². The molecule has 0 unspecified atom stereocenters. The molecular formula is C15H15NO3. The molecule has 1 heterocycles. The maximum absolute atomic E-state index is 11.3. The molecule has 98 valence electrons. The van der Waals surface area contributed by atoms with Gasteiger partial charge in [0.2, 0.25) is 0 Å². The lowest BCUT2D eigenvalue weighted by molar-refractivity contribution is 0.0600. The number of carbonyl (C=O) groups excluding carboxylic acids is 1. The number of benzene rings is 1. The van der Waals surface area contributed by atoms with Crippen LogP contribution in [0, 0.1) is 0 Å². The second-order valence-electron chi connectivity index (χ2n) is 4.04. The highest BCUT2D eigenvalue weighted by atomic mass is 16.5. The summed E-state index contributed by atoms with van der Waals surface area (Å²) in [4.78, 5) is 15.2. The molecule has 2 aromatic rings. The predicted molar refractivity (Wildman–Crippen MR) is 70.5 cm³/mol. The fourth-order valence-electron chi connectivity index (χ4n) is 1.62. The molecule has 0 bridgehead atoms. The Kier molecular flexibility index (Phi) is 4.64. The Morgan fingerprint density at radius 1 is 1.00 bits per heavy atom. The van der Waals surface area contributed by atoms with Crippen LogP contribution in [0.1, 0.15) is 21.5 Å². The van der Waals surface area contributed by atoms with E-state index in [4.69, 9.17) is 4.74 Å². The van der Waals surface area contributed by atoms with Gasteiger partial charge in [-0.3, -0.25) is 4.98 Å². The number of pyridine rings is 1. The molecule has 0 saturated carbocycles. The number of hydrogen-bond donors (Lipinski definition) is 0. The standard InChI is InChI=1S/C15H15NO3/c1-18-15(17)14-4-2-12(3-5-14)10-19-11-13-6-8-16-9-7-13/h2-9H,10-11H2,1H3. The molecule has 4 heteroatoms. The Balaban J connectivity index is 1.85. The summed E-state index contributed by atoms with van der Waals surface area (Å²) in [6.07, 6.45) is 3.48. The van der Waals surface area contributed by atoms with Crippen LogP contribution in [0.15, 0.2) is 48.8 Å². The molecule has 2 rings (SSSR count). The van der Waals surface area contributed by atoms with Crippen molar-refractivity contribution in [2.75, 3.05) is 7.11 Å². The molecular weight excluding hydrogens is 242 g/mol. The smallest absolute Gasteiger partial charge is 0.337 e. The van der Waals surface area contributed by atoms with E-state index in [2.05, 4.69) is 9.72 Å². The second kappa shape index (κ2) is 6.66. The molecule has 4 nitrogen and oxygen atoms in total. The second-order valence-corrected chi connectivity index (χ2v) is 4.04. The molecule has 0 radical (unpaired) electrons. The van der Waals surface area contributed by atoms with Gasteiger partial charge in [0, 0.05) is 12.4 Å². The van der Waals surface area contributed by atoms with Gasteiger partial charge < -0.3 is 9.47 Å². The summed E-state index contributed by atoms with van der Waals surface area (Å²) in [5.74, 6) is -0.329. The third-order valence-corrected chi connectivity index (χ3v) is 2.66. The highest BCUT2D eigenvalue weighted by Gasteiger charge is 2.04. The van der Waals surface area contributed by atoms with Crippen molar-refractivity contribution < 1.29 is 14.3 Å². The maximum atomic E-state index is 11.3. The minimum Gasteiger partial charge on any atom is -0.465 e. The highest BCUT2D eigenvalue weighted by Crippen LogP contribution is 2.08. The molecule has 0 aliphatic carbocycles. The minimum absolute atomic E-state index is 0.329. The quantitative estimate of drug-likeness (QED) is 0.772. The molecule has 0 amide bonds. The molecule has 0 saturated heterocycles. The van der Waals surface area contributed by atoms with E-state index in [-0.39, 0.29) is 5.97 Å². The van der Waals surface area contributed by atoms with Crippen molar-refractivity contribution in [1.29, 1.82) is 0 Å². The first-order valence-corrected chi connectivity index (χ1v) is 5.93. The number of carbonyl (C=O) groups is 1.